The average Bonchev–Trinajstić information content (AvgIpc) is 2.81. The summed E-state index contributed by atoms with van der Waals surface area (Å²) in [5.41, 5.74) is 0.720. The lowest BCUT2D eigenvalue weighted by molar-refractivity contribution is 0.629. The van der Waals surface area contributed by atoms with Gasteiger partial charge in [-0.3, -0.25) is 0 Å². The van der Waals surface area contributed by atoms with E-state index in [1.54, 1.807) is 11.3 Å². The van der Waals surface area contributed by atoms with Gasteiger partial charge >= 0.3 is 0 Å². The molecule has 5 heteroatoms. The van der Waals surface area contributed by atoms with E-state index in [-0.39, 0.29) is 10.0 Å². The standard InChI is InChI=1S/C13H12Cl2FNS/c1-2-9-3-4-10(18-9)7-17-8-5-11(14)13(16)12(15)6-8/h3-6,17H,2,7H2,1H3. The summed E-state index contributed by atoms with van der Waals surface area (Å²) in [6, 6.07) is 7.28. The van der Waals surface area contributed by atoms with Crippen molar-refractivity contribution in [3.05, 3.63) is 49.9 Å². The van der Waals surface area contributed by atoms with Crippen LogP contribution in [0.2, 0.25) is 10.0 Å². The van der Waals surface area contributed by atoms with Crippen LogP contribution in [0.4, 0.5) is 10.1 Å². The van der Waals surface area contributed by atoms with Crippen molar-refractivity contribution in [3.63, 3.8) is 0 Å². The van der Waals surface area contributed by atoms with Gasteiger partial charge < -0.3 is 5.32 Å². The quantitative estimate of drug-likeness (QED) is 0.749. The van der Waals surface area contributed by atoms with Gasteiger partial charge in [0.05, 0.1) is 10.0 Å². The van der Waals surface area contributed by atoms with E-state index in [1.807, 2.05) is 0 Å². The van der Waals surface area contributed by atoms with E-state index in [1.165, 1.54) is 21.9 Å². The lowest BCUT2D eigenvalue weighted by atomic mass is 10.3. The van der Waals surface area contributed by atoms with Crippen molar-refractivity contribution in [1.29, 1.82) is 0 Å². The first kappa shape index (κ1) is 13.7. The number of halogens is 3. The molecule has 18 heavy (non-hydrogen) atoms. The molecule has 0 aliphatic heterocycles. The third kappa shape index (κ3) is 3.16. The fourth-order valence-corrected chi connectivity index (χ4v) is 2.94. The van der Waals surface area contributed by atoms with Crippen molar-refractivity contribution in [2.24, 2.45) is 0 Å². The van der Waals surface area contributed by atoms with Crippen molar-refractivity contribution in [2.45, 2.75) is 19.9 Å². The number of aryl methyl sites for hydroxylation is 1. The molecule has 0 atom stereocenters. The van der Waals surface area contributed by atoms with Crippen LogP contribution < -0.4 is 5.32 Å². The number of hydrogen-bond donors (Lipinski definition) is 1. The van der Waals surface area contributed by atoms with E-state index in [0.717, 1.165) is 12.1 Å². The van der Waals surface area contributed by atoms with Crippen molar-refractivity contribution < 1.29 is 4.39 Å². The molecule has 1 heterocycles. The van der Waals surface area contributed by atoms with E-state index >= 15 is 0 Å². The minimum absolute atomic E-state index is 0.0328. The first-order valence-corrected chi connectivity index (χ1v) is 7.13. The van der Waals surface area contributed by atoms with Crippen molar-refractivity contribution in [3.8, 4) is 0 Å². The Balaban J connectivity index is 2.06. The Hall–Kier alpha value is -0.770. The van der Waals surface area contributed by atoms with E-state index in [2.05, 4.69) is 24.4 Å². The molecule has 0 fully saturated rings. The van der Waals surface area contributed by atoms with Gasteiger partial charge in [-0.2, -0.15) is 0 Å². The maximum atomic E-state index is 13.2. The zero-order chi connectivity index (χ0) is 13.1. The summed E-state index contributed by atoms with van der Waals surface area (Å²) < 4.78 is 13.2. The van der Waals surface area contributed by atoms with Crippen LogP contribution in [-0.2, 0) is 13.0 Å². The Morgan fingerprint density at radius 1 is 1.17 bits per heavy atom. The highest BCUT2D eigenvalue weighted by Crippen LogP contribution is 2.28. The monoisotopic (exact) mass is 303 g/mol. The molecule has 96 valence electrons. The van der Waals surface area contributed by atoms with Gasteiger partial charge in [-0.05, 0) is 30.7 Å². The molecule has 0 spiro atoms. The van der Waals surface area contributed by atoms with Crippen LogP contribution in [0.25, 0.3) is 0 Å². The molecule has 0 radical (unpaired) electrons. The van der Waals surface area contributed by atoms with Gasteiger partial charge in [0.25, 0.3) is 0 Å². The number of anilines is 1. The Bertz CT molecular complexity index is 531. The van der Waals surface area contributed by atoms with E-state index in [0.29, 0.717) is 6.54 Å². The summed E-state index contributed by atoms with van der Waals surface area (Å²) in [4.78, 5) is 2.57. The van der Waals surface area contributed by atoms with E-state index in [4.69, 9.17) is 23.2 Å². The molecule has 0 saturated heterocycles. The van der Waals surface area contributed by atoms with Crippen LogP contribution in [0.3, 0.4) is 0 Å². The van der Waals surface area contributed by atoms with Crippen LogP contribution in [0.15, 0.2) is 24.3 Å². The number of thiophene rings is 1. The van der Waals surface area contributed by atoms with Gasteiger partial charge in [-0.25, -0.2) is 4.39 Å². The fourth-order valence-electron chi connectivity index (χ4n) is 1.55. The van der Waals surface area contributed by atoms with Gasteiger partial charge in [0, 0.05) is 22.0 Å². The van der Waals surface area contributed by atoms with E-state index < -0.39 is 5.82 Å². The largest absolute Gasteiger partial charge is 0.380 e. The molecule has 1 aromatic carbocycles. The third-order valence-electron chi connectivity index (χ3n) is 2.52. The highest BCUT2D eigenvalue weighted by Gasteiger charge is 2.07. The molecule has 0 unspecified atom stereocenters. The van der Waals surface area contributed by atoms with Crippen LogP contribution in [0, 0.1) is 5.82 Å². The van der Waals surface area contributed by atoms with Crippen LogP contribution in [0.1, 0.15) is 16.7 Å². The summed E-state index contributed by atoms with van der Waals surface area (Å²) in [5, 5.41) is 3.25. The molecule has 0 aliphatic rings. The molecule has 2 rings (SSSR count). The Kier molecular flexibility index (Phi) is 4.49. The predicted molar refractivity (Wildman–Crippen MR) is 77.4 cm³/mol. The number of hydrogen-bond acceptors (Lipinski definition) is 2. The number of nitrogens with one attached hydrogen (secondary N) is 1. The molecule has 1 nitrogen and oxygen atoms in total. The molecule has 2 aromatic rings. The zero-order valence-corrected chi connectivity index (χ0v) is 12.1. The predicted octanol–water partition coefficient (Wildman–Crippen LogP) is 5.37. The highest BCUT2D eigenvalue weighted by atomic mass is 35.5. The average molecular weight is 304 g/mol. The second-order valence-corrected chi connectivity index (χ2v) is 5.90. The van der Waals surface area contributed by atoms with Gasteiger partial charge in [-0.15, -0.1) is 11.3 Å². The Morgan fingerprint density at radius 3 is 2.33 bits per heavy atom. The number of rotatable bonds is 4. The third-order valence-corrected chi connectivity index (χ3v) is 4.30. The summed E-state index contributed by atoms with van der Waals surface area (Å²) in [7, 11) is 0. The smallest absolute Gasteiger partial charge is 0.160 e. The second kappa shape index (κ2) is 5.91. The van der Waals surface area contributed by atoms with E-state index in [9.17, 15) is 4.39 Å². The molecular weight excluding hydrogens is 292 g/mol. The lowest BCUT2D eigenvalue weighted by Crippen LogP contribution is -1.98. The molecule has 1 N–H and O–H groups in total. The summed E-state index contributed by atoms with van der Waals surface area (Å²) in [6.45, 7) is 2.81. The molecule has 0 saturated carbocycles. The second-order valence-electron chi connectivity index (χ2n) is 3.83. The van der Waals surface area contributed by atoms with Crippen molar-refractivity contribution in [2.75, 3.05) is 5.32 Å². The fraction of sp³-hybridized carbons (Fsp3) is 0.231. The number of benzene rings is 1. The minimum atomic E-state index is -0.576. The normalized spacial score (nSPS) is 10.7. The van der Waals surface area contributed by atoms with Gasteiger partial charge in [0.1, 0.15) is 0 Å². The van der Waals surface area contributed by atoms with Gasteiger partial charge in [0.15, 0.2) is 5.82 Å². The van der Waals surface area contributed by atoms with Gasteiger partial charge in [-0.1, -0.05) is 30.1 Å². The molecular formula is C13H12Cl2FNS. The lowest BCUT2D eigenvalue weighted by Gasteiger charge is -2.07. The first-order valence-electron chi connectivity index (χ1n) is 5.56. The minimum Gasteiger partial charge on any atom is -0.380 e. The summed E-state index contributed by atoms with van der Waals surface area (Å²) in [6.07, 6.45) is 1.04. The molecule has 0 aliphatic carbocycles. The Labute approximate surface area is 120 Å². The maximum Gasteiger partial charge on any atom is 0.160 e. The molecule has 1 aromatic heterocycles. The van der Waals surface area contributed by atoms with Crippen molar-refractivity contribution in [1.82, 2.24) is 0 Å². The SMILES string of the molecule is CCc1ccc(CNc2cc(Cl)c(F)c(Cl)c2)s1. The van der Waals surface area contributed by atoms with Gasteiger partial charge in [0.2, 0.25) is 0 Å². The van der Waals surface area contributed by atoms with Crippen LogP contribution >= 0.6 is 34.5 Å². The van der Waals surface area contributed by atoms with Crippen LogP contribution in [-0.4, -0.2) is 0 Å². The van der Waals surface area contributed by atoms with Crippen molar-refractivity contribution >= 4 is 40.2 Å². The summed E-state index contributed by atoms with van der Waals surface area (Å²) in [5.74, 6) is -0.576. The summed E-state index contributed by atoms with van der Waals surface area (Å²) >= 11 is 13.2. The topological polar surface area (TPSA) is 12.0 Å². The highest BCUT2D eigenvalue weighted by molar-refractivity contribution is 7.12. The molecule has 0 bridgehead atoms. The Morgan fingerprint density at radius 2 is 1.78 bits per heavy atom. The molecule has 0 amide bonds. The first-order chi connectivity index (χ1) is 8.60. The van der Waals surface area contributed by atoms with Crippen LogP contribution in [0.5, 0.6) is 0 Å². The zero-order valence-electron chi connectivity index (χ0n) is 9.77. The maximum absolute atomic E-state index is 13.2.